The molecule has 1 aliphatic heterocycles. The molecule has 0 saturated carbocycles. The number of amides is 1. The minimum Gasteiger partial charge on any atom is -0.507 e. The van der Waals surface area contributed by atoms with Crippen molar-refractivity contribution >= 4 is 27.3 Å². The van der Waals surface area contributed by atoms with Crippen LogP contribution in [0.5, 0.6) is 5.75 Å². The summed E-state index contributed by atoms with van der Waals surface area (Å²) < 4.78 is 23.4. The molecule has 0 atom stereocenters. The molecule has 5 nitrogen and oxygen atoms in total. The molecule has 1 aromatic rings. The van der Waals surface area contributed by atoms with Crippen molar-refractivity contribution in [1.82, 2.24) is 4.90 Å². The van der Waals surface area contributed by atoms with Crippen LogP contribution in [0.3, 0.4) is 0 Å². The molecule has 0 spiro atoms. The molecule has 1 heterocycles. The summed E-state index contributed by atoms with van der Waals surface area (Å²) in [5.41, 5.74) is 0.0969. The monoisotopic (exact) mass is 331 g/mol. The van der Waals surface area contributed by atoms with Gasteiger partial charge in [-0.3, -0.25) is 4.79 Å². The predicted octanol–water partition coefficient (Wildman–Crippen LogP) is 2.08. The second-order valence-electron chi connectivity index (χ2n) is 5.78. The molecule has 0 aromatic heterocycles. The van der Waals surface area contributed by atoms with Crippen molar-refractivity contribution in [2.45, 2.75) is 25.0 Å². The molecule has 1 aromatic carbocycles. The highest BCUT2D eigenvalue weighted by Crippen LogP contribution is 2.28. The summed E-state index contributed by atoms with van der Waals surface area (Å²) in [6.45, 7) is 3.80. The molecule has 7 heteroatoms. The van der Waals surface area contributed by atoms with Gasteiger partial charge in [0.05, 0.1) is 16.1 Å². The maximum atomic E-state index is 12.5. The van der Waals surface area contributed by atoms with Crippen molar-refractivity contribution in [3.63, 3.8) is 0 Å². The number of hydrogen-bond donors (Lipinski definition) is 1. The van der Waals surface area contributed by atoms with Crippen molar-refractivity contribution in [3.8, 4) is 5.75 Å². The van der Waals surface area contributed by atoms with Crippen LogP contribution in [0.1, 0.15) is 30.6 Å². The van der Waals surface area contributed by atoms with Gasteiger partial charge in [0.1, 0.15) is 5.75 Å². The number of benzene rings is 1. The lowest BCUT2D eigenvalue weighted by molar-refractivity contribution is 0.0761. The fourth-order valence-electron chi connectivity index (χ4n) is 2.23. The van der Waals surface area contributed by atoms with Crippen LogP contribution in [-0.4, -0.2) is 47.9 Å². The van der Waals surface area contributed by atoms with Crippen LogP contribution < -0.4 is 0 Å². The van der Waals surface area contributed by atoms with Gasteiger partial charge in [0.25, 0.3) is 5.91 Å². The van der Waals surface area contributed by atoms with Gasteiger partial charge in [-0.2, -0.15) is 0 Å². The smallest absolute Gasteiger partial charge is 0.257 e. The molecule has 21 heavy (non-hydrogen) atoms. The lowest BCUT2D eigenvalue weighted by Crippen LogP contribution is -2.33. The summed E-state index contributed by atoms with van der Waals surface area (Å²) in [6.07, 6.45) is 0.363. The zero-order chi connectivity index (χ0) is 15.8. The summed E-state index contributed by atoms with van der Waals surface area (Å²) >= 11 is 5.84. The maximum Gasteiger partial charge on any atom is 0.257 e. The Kier molecular flexibility index (Phi) is 4.22. The number of carbonyl (C=O) groups excluding carboxylic acids is 1. The molecule has 0 bridgehead atoms. The number of hydrogen-bond acceptors (Lipinski definition) is 4. The second kappa shape index (κ2) is 5.50. The van der Waals surface area contributed by atoms with E-state index < -0.39 is 20.5 Å². The summed E-state index contributed by atoms with van der Waals surface area (Å²) in [6, 6.07) is 4.24. The van der Waals surface area contributed by atoms with Gasteiger partial charge in [-0.1, -0.05) is 11.6 Å². The molecule has 116 valence electrons. The molecule has 1 amide bonds. The quantitative estimate of drug-likeness (QED) is 0.855. The Balaban J connectivity index is 2.27. The third-order valence-corrected chi connectivity index (χ3v) is 6.77. The minimum absolute atomic E-state index is 0.0763. The van der Waals surface area contributed by atoms with E-state index in [0.717, 1.165) is 0 Å². The highest BCUT2D eigenvalue weighted by molar-refractivity contribution is 7.92. The number of rotatable bonds is 1. The third-order valence-electron chi connectivity index (χ3n) is 3.93. The van der Waals surface area contributed by atoms with E-state index in [1.165, 1.54) is 23.1 Å². The van der Waals surface area contributed by atoms with Gasteiger partial charge in [0.2, 0.25) is 0 Å². The molecule has 2 rings (SSSR count). The Bertz CT molecular complexity index is 670. The summed E-state index contributed by atoms with van der Waals surface area (Å²) in [7, 11) is -3.25. The van der Waals surface area contributed by atoms with Crippen LogP contribution in [0.4, 0.5) is 0 Å². The maximum absolute atomic E-state index is 12.5. The molecule has 0 radical (unpaired) electrons. The highest BCUT2D eigenvalue weighted by atomic mass is 35.5. The average Bonchev–Trinajstić information content (AvgIpc) is 2.50. The fraction of sp³-hybridized carbons (Fsp3) is 0.500. The molecule has 0 unspecified atom stereocenters. The van der Waals surface area contributed by atoms with Crippen LogP contribution in [0.2, 0.25) is 5.02 Å². The molecule has 1 fully saturated rings. The van der Waals surface area contributed by atoms with Gasteiger partial charge in [0, 0.05) is 18.1 Å². The average molecular weight is 332 g/mol. The predicted molar refractivity (Wildman–Crippen MR) is 81.5 cm³/mol. The van der Waals surface area contributed by atoms with Gasteiger partial charge >= 0.3 is 0 Å². The van der Waals surface area contributed by atoms with E-state index in [0.29, 0.717) is 18.0 Å². The zero-order valence-corrected chi connectivity index (χ0v) is 13.5. The first-order valence-corrected chi connectivity index (χ1v) is 8.67. The van der Waals surface area contributed by atoms with Crippen LogP contribution in [0.25, 0.3) is 0 Å². The second-order valence-corrected chi connectivity index (χ2v) is 8.96. The number of halogens is 1. The van der Waals surface area contributed by atoms with E-state index in [9.17, 15) is 18.3 Å². The summed E-state index contributed by atoms with van der Waals surface area (Å²) in [4.78, 5) is 13.9. The summed E-state index contributed by atoms with van der Waals surface area (Å²) in [5.74, 6) is -0.633. The standard InChI is InChI=1S/C14H18ClNO4S/c1-14(2)5-6-16(7-8-21(14,19)20)13(18)11-9-10(15)3-4-12(11)17/h3-4,9,17H,5-8H2,1-2H3. The van der Waals surface area contributed by atoms with E-state index >= 15 is 0 Å². The normalized spacial score (nSPS) is 20.8. The number of nitrogens with zero attached hydrogens (tertiary/aromatic N) is 1. The van der Waals surface area contributed by atoms with E-state index in [4.69, 9.17) is 11.6 Å². The fourth-order valence-corrected chi connectivity index (χ4v) is 3.82. The van der Waals surface area contributed by atoms with Gasteiger partial charge < -0.3 is 10.0 Å². The van der Waals surface area contributed by atoms with Crippen LogP contribution in [0, 0.1) is 0 Å². The minimum atomic E-state index is -3.25. The molecule has 0 aliphatic carbocycles. The largest absolute Gasteiger partial charge is 0.507 e. The summed E-state index contributed by atoms with van der Waals surface area (Å²) in [5, 5.41) is 10.1. The molecular formula is C14H18ClNO4S. The van der Waals surface area contributed by atoms with Crippen molar-refractivity contribution in [2.75, 3.05) is 18.8 Å². The number of aromatic hydroxyl groups is 1. The molecule has 1 saturated heterocycles. The third kappa shape index (κ3) is 3.16. The van der Waals surface area contributed by atoms with E-state index in [2.05, 4.69) is 0 Å². The van der Waals surface area contributed by atoms with Gasteiger partial charge in [0.15, 0.2) is 9.84 Å². The van der Waals surface area contributed by atoms with Crippen molar-refractivity contribution in [1.29, 1.82) is 0 Å². The lowest BCUT2D eigenvalue weighted by Gasteiger charge is -2.22. The Labute approximate surface area is 129 Å². The Morgan fingerprint density at radius 1 is 1.33 bits per heavy atom. The molecule has 1 aliphatic rings. The SMILES string of the molecule is CC1(C)CCN(C(=O)c2cc(Cl)ccc2O)CCS1(=O)=O. The van der Waals surface area contributed by atoms with Crippen molar-refractivity contribution in [3.05, 3.63) is 28.8 Å². The topological polar surface area (TPSA) is 74.7 Å². The Morgan fingerprint density at radius 2 is 2.00 bits per heavy atom. The first-order valence-electron chi connectivity index (χ1n) is 6.64. The first-order chi connectivity index (χ1) is 9.64. The number of carbonyl (C=O) groups is 1. The van der Waals surface area contributed by atoms with E-state index in [1.807, 2.05) is 0 Å². The Hall–Kier alpha value is -1.27. The molecule has 1 N–H and O–H groups in total. The molecular weight excluding hydrogens is 314 g/mol. The Morgan fingerprint density at radius 3 is 2.67 bits per heavy atom. The number of sulfone groups is 1. The zero-order valence-electron chi connectivity index (χ0n) is 12.0. The first kappa shape index (κ1) is 16.1. The van der Waals surface area contributed by atoms with Crippen molar-refractivity contribution in [2.24, 2.45) is 0 Å². The highest BCUT2D eigenvalue weighted by Gasteiger charge is 2.38. The van der Waals surface area contributed by atoms with E-state index in [1.54, 1.807) is 13.8 Å². The van der Waals surface area contributed by atoms with E-state index in [-0.39, 0.29) is 23.6 Å². The van der Waals surface area contributed by atoms with Gasteiger partial charge in [-0.05, 0) is 38.5 Å². The van der Waals surface area contributed by atoms with Gasteiger partial charge in [-0.25, -0.2) is 8.42 Å². The van der Waals surface area contributed by atoms with Crippen LogP contribution in [-0.2, 0) is 9.84 Å². The number of phenolic OH excluding ortho intramolecular Hbond substituents is 1. The van der Waals surface area contributed by atoms with Crippen LogP contribution >= 0.6 is 11.6 Å². The van der Waals surface area contributed by atoms with Gasteiger partial charge in [-0.15, -0.1) is 0 Å². The van der Waals surface area contributed by atoms with Crippen LogP contribution in [0.15, 0.2) is 18.2 Å². The number of phenols is 1. The lowest BCUT2D eigenvalue weighted by atomic mass is 10.1. The van der Waals surface area contributed by atoms with Crippen molar-refractivity contribution < 1.29 is 18.3 Å².